The van der Waals surface area contributed by atoms with Crippen molar-refractivity contribution in [2.75, 3.05) is 44.2 Å². The van der Waals surface area contributed by atoms with Crippen LogP contribution in [0.15, 0.2) is 23.3 Å². The summed E-state index contributed by atoms with van der Waals surface area (Å²) in [4.78, 5) is 57.3. The van der Waals surface area contributed by atoms with Crippen molar-refractivity contribution < 1.29 is 19.2 Å². The minimum absolute atomic E-state index is 0.0962. The predicted octanol–water partition coefficient (Wildman–Crippen LogP) is 0.520. The quantitative estimate of drug-likeness (QED) is 0.324. The van der Waals surface area contributed by atoms with Crippen LogP contribution in [-0.4, -0.2) is 78.7 Å². The lowest BCUT2D eigenvalue weighted by Gasteiger charge is -2.36. The summed E-state index contributed by atoms with van der Waals surface area (Å²) in [5.74, 6) is -2.01. The molecule has 1 aromatic rings. The number of benzene rings is 1. The van der Waals surface area contributed by atoms with Crippen LogP contribution in [-0.2, 0) is 9.59 Å². The minimum Gasteiger partial charge on any atom is -0.369 e. The third-order valence-electron chi connectivity index (χ3n) is 5.74. The van der Waals surface area contributed by atoms with Crippen LogP contribution in [0.3, 0.4) is 0 Å². The van der Waals surface area contributed by atoms with E-state index in [1.165, 1.54) is 0 Å². The molecule has 156 valence electrons. The number of piperazine rings is 1. The smallest absolute Gasteiger partial charge is 0.262 e. The van der Waals surface area contributed by atoms with E-state index in [2.05, 4.69) is 25.1 Å². The molecule has 3 heterocycles. The van der Waals surface area contributed by atoms with E-state index in [1.807, 2.05) is 6.07 Å². The van der Waals surface area contributed by atoms with Gasteiger partial charge in [-0.3, -0.25) is 34.3 Å². The van der Waals surface area contributed by atoms with Crippen LogP contribution in [0.4, 0.5) is 5.69 Å². The Morgan fingerprint density at radius 2 is 1.80 bits per heavy atom. The summed E-state index contributed by atoms with van der Waals surface area (Å²) in [6.07, 6.45) is 0.236. The molecule has 3 aliphatic heterocycles. The topological polar surface area (TPSA) is 139 Å². The van der Waals surface area contributed by atoms with E-state index in [4.69, 9.17) is 5.53 Å². The molecule has 1 aromatic carbocycles. The van der Waals surface area contributed by atoms with Crippen LogP contribution in [0.5, 0.6) is 0 Å². The standard InChI is InChI=1S/C19H21N7O4/c20-23-21-5-6-24-7-9-25(10-8-24)12-1-2-13-14(11-12)19(30)26(18(13)29)15-3-4-16(27)22-17(15)28/h1-2,11,15H,3-10H2,(H,22,27,28). The van der Waals surface area contributed by atoms with Gasteiger partial charge in [-0.1, -0.05) is 5.11 Å². The number of nitrogens with zero attached hydrogens (tertiary/aromatic N) is 6. The number of hydrogen-bond acceptors (Lipinski definition) is 7. The maximum atomic E-state index is 12.9. The fraction of sp³-hybridized carbons (Fsp3) is 0.474. The number of imide groups is 2. The maximum Gasteiger partial charge on any atom is 0.262 e. The number of piperidine rings is 1. The first-order chi connectivity index (χ1) is 14.5. The SMILES string of the molecule is [N-]=[N+]=NCCN1CCN(c2ccc3c(c2)C(=O)N(C2CCC(=O)NC2=O)C3=O)CC1. The molecule has 0 aromatic heterocycles. The summed E-state index contributed by atoms with van der Waals surface area (Å²) in [6, 6.07) is 4.19. The molecule has 0 radical (unpaired) electrons. The molecule has 4 amide bonds. The van der Waals surface area contributed by atoms with E-state index in [1.54, 1.807) is 12.1 Å². The molecule has 2 saturated heterocycles. The van der Waals surface area contributed by atoms with Gasteiger partial charge in [0.1, 0.15) is 6.04 Å². The molecule has 0 aliphatic carbocycles. The number of hydrogen-bond donors (Lipinski definition) is 1. The Bertz CT molecular complexity index is 964. The second-order valence-electron chi connectivity index (χ2n) is 7.46. The summed E-state index contributed by atoms with van der Waals surface area (Å²) in [5.41, 5.74) is 9.78. The first-order valence-corrected chi connectivity index (χ1v) is 9.83. The summed E-state index contributed by atoms with van der Waals surface area (Å²) < 4.78 is 0. The third kappa shape index (κ3) is 3.60. The van der Waals surface area contributed by atoms with Gasteiger partial charge in [-0.05, 0) is 30.2 Å². The number of amides is 4. The predicted molar refractivity (Wildman–Crippen MR) is 106 cm³/mol. The maximum absolute atomic E-state index is 12.9. The van der Waals surface area contributed by atoms with E-state index in [-0.39, 0.29) is 24.0 Å². The number of azide groups is 1. The second-order valence-corrected chi connectivity index (χ2v) is 7.46. The number of fused-ring (bicyclic) bond motifs is 1. The van der Waals surface area contributed by atoms with Crippen LogP contribution in [0.2, 0.25) is 0 Å². The lowest BCUT2D eigenvalue weighted by atomic mass is 10.0. The van der Waals surface area contributed by atoms with Crippen molar-refractivity contribution in [3.05, 3.63) is 39.8 Å². The fourth-order valence-corrected chi connectivity index (χ4v) is 4.12. The Kier molecular flexibility index (Phi) is 5.39. The zero-order chi connectivity index (χ0) is 21.3. The van der Waals surface area contributed by atoms with Gasteiger partial charge < -0.3 is 4.90 Å². The lowest BCUT2D eigenvalue weighted by molar-refractivity contribution is -0.136. The number of carbonyl (C=O) groups excluding carboxylic acids is 4. The van der Waals surface area contributed by atoms with Crippen molar-refractivity contribution in [3.8, 4) is 0 Å². The molecule has 3 aliphatic rings. The van der Waals surface area contributed by atoms with Gasteiger partial charge in [0, 0.05) is 56.3 Å². The van der Waals surface area contributed by atoms with E-state index in [9.17, 15) is 19.2 Å². The van der Waals surface area contributed by atoms with E-state index < -0.39 is 29.7 Å². The number of nitrogens with one attached hydrogen (secondary N) is 1. The highest BCUT2D eigenvalue weighted by Gasteiger charge is 2.44. The largest absolute Gasteiger partial charge is 0.369 e. The molecule has 1 unspecified atom stereocenters. The van der Waals surface area contributed by atoms with Gasteiger partial charge in [-0.2, -0.15) is 0 Å². The van der Waals surface area contributed by atoms with Gasteiger partial charge in [0.05, 0.1) is 11.1 Å². The average Bonchev–Trinajstić information content (AvgIpc) is 2.99. The molecule has 1 N–H and O–H groups in total. The molecule has 11 heteroatoms. The number of rotatable bonds is 5. The highest BCUT2D eigenvalue weighted by atomic mass is 16.2. The number of anilines is 1. The van der Waals surface area contributed by atoms with Gasteiger partial charge in [-0.15, -0.1) is 0 Å². The highest BCUT2D eigenvalue weighted by molar-refractivity contribution is 6.23. The van der Waals surface area contributed by atoms with Crippen molar-refractivity contribution in [3.63, 3.8) is 0 Å². The molecule has 0 bridgehead atoms. The molecular formula is C19H21N7O4. The molecule has 30 heavy (non-hydrogen) atoms. The van der Waals surface area contributed by atoms with E-state index >= 15 is 0 Å². The van der Waals surface area contributed by atoms with Gasteiger partial charge in [-0.25, -0.2) is 0 Å². The molecular weight excluding hydrogens is 390 g/mol. The Balaban J connectivity index is 1.47. The van der Waals surface area contributed by atoms with Crippen LogP contribution in [0.1, 0.15) is 33.6 Å². The molecule has 1 atom stereocenters. The Hall–Kier alpha value is -3.43. The van der Waals surface area contributed by atoms with Crippen LogP contribution in [0.25, 0.3) is 10.4 Å². The molecule has 0 saturated carbocycles. The molecule has 11 nitrogen and oxygen atoms in total. The number of carbonyl (C=O) groups is 4. The average molecular weight is 411 g/mol. The van der Waals surface area contributed by atoms with Crippen LogP contribution in [0, 0.1) is 0 Å². The van der Waals surface area contributed by atoms with Crippen molar-refractivity contribution in [2.24, 2.45) is 5.11 Å². The Morgan fingerprint density at radius 3 is 2.50 bits per heavy atom. The van der Waals surface area contributed by atoms with Crippen LogP contribution >= 0.6 is 0 Å². The Labute approximate surface area is 172 Å². The monoisotopic (exact) mass is 411 g/mol. The first-order valence-electron chi connectivity index (χ1n) is 9.83. The fourth-order valence-electron chi connectivity index (χ4n) is 4.12. The summed E-state index contributed by atoms with van der Waals surface area (Å²) in [5, 5.41) is 5.75. The van der Waals surface area contributed by atoms with Gasteiger partial charge in [0.25, 0.3) is 11.8 Å². The zero-order valence-electron chi connectivity index (χ0n) is 16.3. The second kappa shape index (κ2) is 8.13. The van der Waals surface area contributed by atoms with E-state index in [0.29, 0.717) is 13.1 Å². The van der Waals surface area contributed by atoms with Gasteiger partial charge >= 0.3 is 0 Å². The lowest BCUT2D eigenvalue weighted by Crippen LogP contribution is -2.54. The summed E-state index contributed by atoms with van der Waals surface area (Å²) in [6.45, 7) is 4.22. The minimum atomic E-state index is -0.960. The van der Waals surface area contributed by atoms with Crippen molar-refractivity contribution in [1.82, 2.24) is 15.1 Å². The zero-order valence-corrected chi connectivity index (χ0v) is 16.3. The van der Waals surface area contributed by atoms with E-state index in [0.717, 1.165) is 36.8 Å². The summed E-state index contributed by atoms with van der Waals surface area (Å²) >= 11 is 0. The van der Waals surface area contributed by atoms with Gasteiger partial charge in [0.15, 0.2) is 0 Å². The molecule has 4 rings (SSSR count). The first kappa shape index (κ1) is 19.9. The van der Waals surface area contributed by atoms with Crippen molar-refractivity contribution in [1.29, 1.82) is 0 Å². The molecule has 2 fully saturated rings. The molecule has 0 spiro atoms. The normalized spacial score (nSPS) is 22.1. The van der Waals surface area contributed by atoms with Crippen LogP contribution < -0.4 is 10.2 Å². The van der Waals surface area contributed by atoms with Gasteiger partial charge in [0.2, 0.25) is 11.8 Å². The van der Waals surface area contributed by atoms with Crippen molar-refractivity contribution in [2.45, 2.75) is 18.9 Å². The van der Waals surface area contributed by atoms with Crippen molar-refractivity contribution >= 4 is 29.3 Å². The summed E-state index contributed by atoms with van der Waals surface area (Å²) in [7, 11) is 0. The third-order valence-corrected chi connectivity index (χ3v) is 5.74. The highest BCUT2D eigenvalue weighted by Crippen LogP contribution is 2.31. The Morgan fingerprint density at radius 1 is 1.07 bits per heavy atom.